The van der Waals surface area contributed by atoms with Crippen LogP contribution >= 0.6 is 0 Å². The molecule has 0 aliphatic heterocycles. The minimum atomic E-state index is 0.137. The summed E-state index contributed by atoms with van der Waals surface area (Å²) in [6, 6.07) is 0. The van der Waals surface area contributed by atoms with Gasteiger partial charge in [-0.2, -0.15) is 0 Å². The second-order valence-corrected chi connectivity index (χ2v) is 3.65. The van der Waals surface area contributed by atoms with Gasteiger partial charge in [-0.05, 0) is 25.7 Å². The van der Waals surface area contributed by atoms with E-state index in [1.807, 2.05) is 0 Å². The van der Waals surface area contributed by atoms with Crippen molar-refractivity contribution in [1.29, 1.82) is 0 Å². The Morgan fingerprint density at radius 3 is 2.44 bits per heavy atom. The van der Waals surface area contributed by atoms with Crippen LogP contribution in [0.5, 0.6) is 0 Å². The van der Waals surface area contributed by atoms with E-state index in [1.54, 1.807) is 0 Å². The maximum Gasteiger partial charge on any atom is 0.0151 e. The third kappa shape index (κ3) is 1.45. The molecule has 54 valence electrons. The van der Waals surface area contributed by atoms with Gasteiger partial charge < -0.3 is 5.73 Å². The maximum atomic E-state index is 6.02. The summed E-state index contributed by atoms with van der Waals surface area (Å²) in [6.07, 6.45) is 5.26. The molecule has 1 nitrogen and oxygen atoms in total. The number of rotatable bonds is 0. The first-order valence-corrected chi connectivity index (χ1v) is 3.92. The molecular weight excluding hydrogens is 110 g/mol. The highest BCUT2D eigenvalue weighted by Gasteiger charge is 2.28. The molecule has 1 fully saturated rings. The third-order valence-corrected chi connectivity index (χ3v) is 2.73. The molecule has 1 heteroatoms. The average molecular weight is 127 g/mol. The van der Waals surface area contributed by atoms with E-state index in [9.17, 15) is 0 Å². The van der Waals surface area contributed by atoms with E-state index in [-0.39, 0.29) is 5.54 Å². The van der Waals surface area contributed by atoms with Gasteiger partial charge in [-0.1, -0.05) is 19.8 Å². The summed E-state index contributed by atoms with van der Waals surface area (Å²) < 4.78 is 0. The second kappa shape index (κ2) is 2.30. The minimum absolute atomic E-state index is 0.137. The van der Waals surface area contributed by atoms with Crippen LogP contribution in [-0.4, -0.2) is 5.54 Å². The van der Waals surface area contributed by atoms with Crippen LogP contribution in [0.2, 0.25) is 0 Å². The van der Waals surface area contributed by atoms with Crippen molar-refractivity contribution in [3.8, 4) is 0 Å². The van der Waals surface area contributed by atoms with Crippen LogP contribution in [0.4, 0.5) is 0 Å². The Balaban J connectivity index is 2.49. The molecule has 0 amide bonds. The van der Waals surface area contributed by atoms with Gasteiger partial charge in [0.15, 0.2) is 0 Å². The molecule has 0 bridgehead atoms. The molecule has 9 heavy (non-hydrogen) atoms. The van der Waals surface area contributed by atoms with Gasteiger partial charge in [0.05, 0.1) is 0 Å². The first-order chi connectivity index (χ1) is 4.13. The summed E-state index contributed by atoms with van der Waals surface area (Å²) in [5, 5.41) is 0. The highest BCUT2D eigenvalue weighted by molar-refractivity contribution is 4.87. The Hall–Kier alpha value is -0.0400. The van der Waals surface area contributed by atoms with Gasteiger partial charge in [0.1, 0.15) is 0 Å². The predicted molar refractivity (Wildman–Crippen MR) is 40.2 cm³/mol. The molecule has 2 N–H and O–H groups in total. The van der Waals surface area contributed by atoms with Crippen molar-refractivity contribution in [2.45, 2.75) is 45.1 Å². The van der Waals surface area contributed by atoms with Crippen molar-refractivity contribution in [2.24, 2.45) is 11.7 Å². The van der Waals surface area contributed by atoms with Gasteiger partial charge in [-0.15, -0.1) is 0 Å². The smallest absolute Gasteiger partial charge is 0.0151 e. The highest BCUT2D eigenvalue weighted by atomic mass is 14.7. The van der Waals surface area contributed by atoms with E-state index < -0.39 is 0 Å². The Kier molecular flexibility index (Phi) is 1.80. The maximum absolute atomic E-state index is 6.02. The summed E-state index contributed by atoms with van der Waals surface area (Å²) in [7, 11) is 0. The van der Waals surface area contributed by atoms with Gasteiger partial charge in [0.2, 0.25) is 0 Å². The SMILES string of the molecule is C[C@@H]1CCCC[C@@]1(C)N. The zero-order valence-corrected chi connectivity index (χ0v) is 6.48. The van der Waals surface area contributed by atoms with Gasteiger partial charge in [0, 0.05) is 5.54 Å². The van der Waals surface area contributed by atoms with Crippen molar-refractivity contribution < 1.29 is 0 Å². The average Bonchev–Trinajstić information content (AvgIpc) is 1.77. The van der Waals surface area contributed by atoms with E-state index in [0.717, 1.165) is 5.92 Å². The van der Waals surface area contributed by atoms with Crippen molar-refractivity contribution in [3.63, 3.8) is 0 Å². The van der Waals surface area contributed by atoms with Crippen LogP contribution in [-0.2, 0) is 0 Å². The molecule has 0 radical (unpaired) electrons. The van der Waals surface area contributed by atoms with Crippen molar-refractivity contribution >= 4 is 0 Å². The second-order valence-electron chi connectivity index (χ2n) is 3.65. The molecule has 0 heterocycles. The zero-order chi connectivity index (χ0) is 6.91. The fourth-order valence-corrected chi connectivity index (χ4v) is 1.53. The summed E-state index contributed by atoms with van der Waals surface area (Å²) in [5.41, 5.74) is 6.16. The Labute approximate surface area is 57.6 Å². The standard InChI is InChI=1S/C8H17N/c1-7-5-3-4-6-8(7,2)9/h7H,3-6,9H2,1-2H3/t7-,8-/m1/s1. The van der Waals surface area contributed by atoms with Gasteiger partial charge in [0.25, 0.3) is 0 Å². The minimum Gasteiger partial charge on any atom is -0.325 e. The molecule has 0 aromatic carbocycles. The lowest BCUT2D eigenvalue weighted by Crippen LogP contribution is -2.44. The third-order valence-electron chi connectivity index (χ3n) is 2.73. The predicted octanol–water partition coefficient (Wildman–Crippen LogP) is 1.91. The van der Waals surface area contributed by atoms with E-state index in [4.69, 9.17) is 5.73 Å². The number of hydrogen-bond acceptors (Lipinski definition) is 1. The van der Waals surface area contributed by atoms with Crippen LogP contribution in [0.25, 0.3) is 0 Å². The lowest BCUT2D eigenvalue weighted by atomic mass is 9.76. The molecule has 2 atom stereocenters. The van der Waals surface area contributed by atoms with Crippen LogP contribution in [0, 0.1) is 5.92 Å². The number of nitrogens with two attached hydrogens (primary N) is 1. The zero-order valence-electron chi connectivity index (χ0n) is 6.48. The monoisotopic (exact) mass is 127 g/mol. The van der Waals surface area contributed by atoms with Crippen LogP contribution in [0.1, 0.15) is 39.5 Å². The fourth-order valence-electron chi connectivity index (χ4n) is 1.53. The summed E-state index contributed by atoms with van der Waals surface area (Å²) in [4.78, 5) is 0. The molecule has 0 saturated heterocycles. The van der Waals surface area contributed by atoms with Crippen LogP contribution in [0.3, 0.4) is 0 Å². The first kappa shape index (κ1) is 7.07. The van der Waals surface area contributed by atoms with Crippen molar-refractivity contribution in [2.75, 3.05) is 0 Å². The Morgan fingerprint density at radius 2 is 2.11 bits per heavy atom. The van der Waals surface area contributed by atoms with Gasteiger partial charge >= 0.3 is 0 Å². The summed E-state index contributed by atoms with van der Waals surface area (Å²) in [5.74, 6) is 0.728. The first-order valence-electron chi connectivity index (χ1n) is 3.92. The molecule has 0 unspecified atom stereocenters. The lowest BCUT2D eigenvalue weighted by Gasteiger charge is -2.35. The molecule has 0 spiro atoms. The summed E-state index contributed by atoms with van der Waals surface area (Å²) >= 11 is 0. The molecule has 0 aromatic heterocycles. The van der Waals surface area contributed by atoms with E-state index in [1.165, 1.54) is 25.7 Å². The number of hydrogen-bond donors (Lipinski definition) is 1. The topological polar surface area (TPSA) is 26.0 Å². The molecule has 1 saturated carbocycles. The van der Waals surface area contributed by atoms with Crippen LogP contribution in [0.15, 0.2) is 0 Å². The van der Waals surface area contributed by atoms with E-state index in [2.05, 4.69) is 13.8 Å². The van der Waals surface area contributed by atoms with E-state index >= 15 is 0 Å². The Bertz CT molecular complexity index is 96.7. The van der Waals surface area contributed by atoms with Crippen LogP contribution < -0.4 is 5.73 Å². The van der Waals surface area contributed by atoms with Crippen molar-refractivity contribution in [3.05, 3.63) is 0 Å². The van der Waals surface area contributed by atoms with Gasteiger partial charge in [-0.3, -0.25) is 0 Å². The normalized spacial score (nSPS) is 45.0. The van der Waals surface area contributed by atoms with Crippen molar-refractivity contribution in [1.82, 2.24) is 0 Å². The largest absolute Gasteiger partial charge is 0.325 e. The Morgan fingerprint density at radius 1 is 1.44 bits per heavy atom. The molecule has 1 rings (SSSR count). The fraction of sp³-hybridized carbons (Fsp3) is 1.00. The van der Waals surface area contributed by atoms with Gasteiger partial charge in [-0.25, -0.2) is 0 Å². The quantitative estimate of drug-likeness (QED) is 0.528. The molecule has 1 aliphatic rings. The highest BCUT2D eigenvalue weighted by Crippen LogP contribution is 2.30. The lowest BCUT2D eigenvalue weighted by molar-refractivity contribution is 0.226. The van der Waals surface area contributed by atoms with E-state index in [0.29, 0.717) is 0 Å². The molecular formula is C8H17N. The molecule has 1 aliphatic carbocycles. The summed E-state index contributed by atoms with van der Waals surface area (Å²) in [6.45, 7) is 4.44. The molecule has 0 aromatic rings.